The van der Waals surface area contributed by atoms with Gasteiger partial charge in [0.25, 0.3) is 11.8 Å². The number of aryl methyl sites for hydroxylation is 1. The number of carbonyl (C=O) groups is 3. The van der Waals surface area contributed by atoms with Gasteiger partial charge in [0, 0.05) is 22.7 Å². The minimum atomic E-state index is -0.411. The second kappa shape index (κ2) is 10.7. The van der Waals surface area contributed by atoms with Crippen LogP contribution < -0.4 is 21.5 Å². The van der Waals surface area contributed by atoms with Crippen LogP contribution in [0.3, 0.4) is 0 Å². The van der Waals surface area contributed by atoms with E-state index in [-0.39, 0.29) is 22.8 Å². The topological polar surface area (TPSA) is 99.3 Å². The van der Waals surface area contributed by atoms with E-state index < -0.39 is 5.91 Å². The molecule has 0 spiro atoms. The average molecular weight is 439 g/mol. The van der Waals surface area contributed by atoms with Gasteiger partial charge in [-0.3, -0.25) is 25.2 Å². The van der Waals surface area contributed by atoms with Crippen molar-refractivity contribution in [1.29, 1.82) is 0 Å². The van der Waals surface area contributed by atoms with Crippen molar-refractivity contribution in [1.82, 2.24) is 16.2 Å². The van der Waals surface area contributed by atoms with Gasteiger partial charge in [0.1, 0.15) is 0 Å². The zero-order chi connectivity index (χ0) is 22.2. The molecule has 0 aliphatic heterocycles. The summed E-state index contributed by atoms with van der Waals surface area (Å²) in [6.45, 7) is 1.92. The molecule has 1 fully saturated rings. The van der Waals surface area contributed by atoms with Crippen molar-refractivity contribution in [2.75, 3.05) is 5.32 Å². The molecule has 0 atom stereocenters. The Morgan fingerprint density at radius 3 is 2.26 bits per heavy atom. The summed E-state index contributed by atoms with van der Waals surface area (Å²) in [7, 11) is 0. The van der Waals surface area contributed by atoms with E-state index in [1.54, 1.807) is 36.4 Å². The Bertz CT molecular complexity index is 969. The van der Waals surface area contributed by atoms with Crippen LogP contribution in [-0.2, 0) is 4.79 Å². The first-order valence-electron chi connectivity index (χ1n) is 10.3. The Morgan fingerprint density at radius 2 is 1.58 bits per heavy atom. The lowest BCUT2D eigenvalue weighted by Gasteiger charge is -2.21. The maximum atomic E-state index is 12.3. The summed E-state index contributed by atoms with van der Waals surface area (Å²) < 4.78 is 0. The van der Waals surface area contributed by atoms with Gasteiger partial charge in [-0.1, -0.05) is 37.0 Å². The van der Waals surface area contributed by atoms with E-state index in [1.807, 2.05) is 19.1 Å². The van der Waals surface area contributed by atoms with E-state index in [1.165, 1.54) is 0 Å². The third-order valence-electron chi connectivity index (χ3n) is 5.19. The van der Waals surface area contributed by atoms with Crippen molar-refractivity contribution in [3.63, 3.8) is 0 Å². The van der Waals surface area contributed by atoms with Crippen LogP contribution in [0.25, 0.3) is 0 Å². The number of anilines is 1. The summed E-state index contributed by atoms with van der Waals surface area (Å²) in [5, 5.41) is 5.49. The molecule has 3 rings (SSSR count). The Hall–Kier alpha value is -3.26. The van der Waals surface area contributed by atoms with E-state index in [2.05, 4.69) is 21.5 Å². The highest BCUT2D eigenvalue weighted by atomic mass is 32.1. The van der Waals surface area contributed by atoms with Gasteiger partial charge in [-0.05, 0) is 68.4 Å². The molecule has 31 heavy (non-hydrogen) atoms. The van der Waals surface area contributed by atoms with Crippen LogP contribution in [0.2, 0.25) is 0 Å². The van der Waals surface area contributed by atoms with E-state index in [9.17, 15) is 14.4 Å². The molecule has 8 heteroatoms. The molecule has 0 heterocycles. The molecule has 0 saturated heterocycles. The number of benzene rings is 2. The molecule has 1 aliphatic carbocycles. The number of amides is 3. The normalized spacial score (nSPS) is 13.7. The van der Waals surface area contributed by atoms with Gasteiger partial charge in [0.15, 0.2) is 5.11 Å². The van der Waals surface area contributed by atoms with Crippen molar-refractivity contribution in [2.45, 2.75) is 39.0 Å². The van der Waals surface area contributed by atoms with E-state index >= 15 is 0 Å². The van der Waals surface area contributed by atoms with Gasteiger partial charge >= 0.3 is 0 Å². The highest BCUT2D eigenvalue weighted by Gasteiger charge is 2.21. The van der Waals surface area contributed by atoms with Crippen LogP contribution in [-0.4, -0.2) is 22.8 Å². The number of hydrogen-bond donors (Lipinski definition) is 4. The molecular weight excluding hydrogens is 412 g/mol. The molecule has 3 amide bonds. The number of thiocarbonyl (C=S) groups is 1. The molecular formula is C23H26N4O3S. The summed E-state index contributed by atoms with van der Waals surface area (Å²) in [5.74, 6) is -0.764. The van der Waals surface area contributed by atoms with E-state index in [0.717, 1.165) is 37.7 Å². The van der Waals surface area contributed by atoms with Crippen molar-refractivity contribution in [3.05, 3.63) is 65.2 Å². The molecule has 0 unspecified atom stereocenters. The van der Waals surface area contributed by atoms with Gasteiger partial charge in [-0.25, -0.2) is 0 Å². The fourth-order valence-electron chi connectivity index (χ4n) is 3.49. The van der Waals surface area contributed by atoms with Gasteiger partial charge < -0.3 is 10.6 Å². The molecule has 7 nitrogen and oxygen atoms in total. The third-order valence-corrected chi connectivity index (χ3v) is 5.39. The Kier molecular flexibility index (Phi) is 7.72. The number of carbonyl (C=O) groups excluding carboxylic acids is 3. The largest absolute Gasteiger partial charge is 0.322 e. The van der Waals surface area contributed by atoms with Gasteiger partial charge in [-0.2, -0.15) is 0 Å². The van der Waals surface area contributed by atoms with Crippen LogP contribution in [0.15, 0.2) is 48.5 Å². The predicted octanol–water partition coefficient (Wildman–Crippen LogP) is 3.46. The molecule has 1 saturated carbocycles. The van der Waals surface area contributed by atoms with Gasteiger partial charge in [-0.15, -0.1) is 0 Å². The standard InChI is InChI=1S/C23H26N4O3S/c1-15-6-5-9-18(14-15)21(29)24-19-12-10-17(11-13-19)22(30)26-27-23(31)25-20(28)16-7-3-2-4-8-16/h5-6,9-14,16H,2-4,7-8H2,1H3,(H,24,29)(H,26,30)(H2,25,27,28,31). The first kappa shape index (κ1) is 22.4. The van der Waals surface area contributed by atoms with E-state index in [0.29, 0.717) is 16.8 Å². The summed E-state index contributed by atoms with van der Waals surface area (Å²) in [4.78, 5) is 36.8. The number of rotatable bonds is 4. The Morgan fingerprint density at radius 1 is 0.871 bits per heavy atom. The summed E-state index contributed by atoms with van der Waals surface area (Å²) in [6.07, 6.45) is 5.00. The molecule has 2 aromatic carbocycles. The lowest BCUT2D eigenvalue weighted by atomic mass is 9.89. The maximum absolute atomic E-state index is 12.3. The summed E-state index contributed by atoms with van der Waals surface area (Å²) in [5.41, 5.74) is 7.54. The van der Waals surface area contributed by atoms with Crippen LogP contribution in [0.1, 0.15) is 58.4 Å². The Balaban J connectivity index is 1.46. The van der Waals surface area contributed by atoms with Crippen LogP contribution in [0.5, 0.6) is 0 Å². The van der Waals surface area contributed by atoms with Crippen LogP contribution in [0, 0.1) is 12.8 Å². The first-order valence-corrected chi connectivity index (χ1v) is 10.7. The quantitative estimate of drug-likeness (QED) is 0.433. The molecule has 0 radical (unpaired) electrons. The van der Waals surface area contributed by atoms with Crippen molar-refractivity contribution in [2.24, 2.45) is 5.92 Å². The average Bonchev–Trinajstić information content (AvgIpc) is 2.78. The summed E-state index contributed by atoms with van der Waals surface area (Å²) >= 11 is 5.09. The first-order chi connectivity index (χ1) is 14.9. The lowest BCUT2D eigenvalue weighted by molar-refractivity contribution is -0.124. The fourth-order valence-corrected chi connectivity index (χ4v) is 3.64. The number of hydrazine groups is 1. The fraction of sp³-hybridized carbons (Fsp3) is 0.304. The maximum Gasteiger partial charge on any atom is 0.269 e. The van der Waals surface area contributed by atoms with Crippen molar-refractivity contribution in [3.8, 4) is 0 Å². The summed E-state index contributed by atoms with van der Waals surface area (Å²) in [6, 6.07) is 13.8. The molecule has 2 aromatic rings. The number of hydrogen-bond acceptors (Lipinski definition) is 4. The van der Waals surface area contributed by atoms with Crippen LogP contribution in [0.4, 0.5) is 5.69 Å². The Labute approximate surface area is 187 Å². The van der Waals surface area contributed by atoms with Gasteiger partial charge in [0.2, 0.25) is 5.91 Å². The monoisotopic (exact) mass is 438 g/mol. The van der Waals surface area contributed by atoms with Crippen molar-refractivity contribution >= 4 is 40.7 Å². The lowest BCUT2D eigenvalue weighted by Crippen LogP contribution is -2.49. The van der Waals surface area contributed by atoms with Crippen LogP contribution >= 0.6 is 12.2 Å². The minimum absolute atomic E-state index is 0.0215. The molecule has 0 aromatic heterocycles. The van der Waals surface area contributed by atoms with Gasteiger partial charge in [0.05, 0.1) is 0 Å². The molecule has 1 aliphatic rings. The second-order valence-electron chi connectivity index (χ2n) is 7.63. The zero-order valence-electron chi connectivity index (χ0n) is 17.4. The zero-order valence-corrected chi connectivity index (χ0v) is 18.2. The highest BCUT2D eigenvalue weighted by molar-refractivity contribution is 7.80. The smallest absolute Gasteiger partial charge is 0.269 e. The molecule has 4 N–H and O–H groups in total. The predicted molar refractivity (Wildman–Crippen MR) is 123 cm³/mol. The second-order valence-corrected chi connectivity index (χ2v) is 8.04. The minimum Gasteiger partial charge on any atom is -0.322 e. The SMILES string of the molecule is Cc1cccc(C(=O)Nc2ccc(C(=O)NNC(=S)NC(=O)C3CCCCC3)cc2)c1. The number of nitrogens with one attached hydrogen (secondary N) is 4. The van der Waals surface area contributed by atoms with E-state index in [4.69, 9.17) is 12.2 Å². The molecule has 0 bridgehead atoms. The third kappa shape index (κ3) is 6.62. The highest BCUT2D eigenvalue weighted by Crippen LogP contribution is 2.23. The molecule has 162 valence electrons. The van der Waals surface area contributed by atoms with Crippen molar-refractivity contribution < 1.29 is 14.4 Å².